The molecule has 0 aliphatic rings. The Morgan fingerprint density at radius 1 is 1.38 bits per heavy atom. The highest BCUT2D eigenvalue weighted by Gasteiger charge is 2.06. The number of aryl methyl sites for hydroxylation is 1. The number of aromatic nitrogens is 3. The average Bonchev–Trinajstić information content (AvgIpc) is 2.89. The molecule has 0 bridgehead atoms. The molecule has 2 aromatic rings. The number of ether oxygens (including phenoxy) is 1. The topological polar surface area (TPSA) is 81.1 Å². The average molecular weight is 289 g/mol. The van der Waals surface area contributed by atoms with Gasteiger partial charge in [-0.3, -0.25) is 4.79 Å². The van der Waals surface area contributed by atoms with E-state index in [4.69, 9.17) is 4.74 Å². The third-order valence-corrected chi connectivity index (χ3v) is 3.00. The summed E-state index contributed by atoms with van der Waals surface area (Å²) in [5.74, 6) is 1.41. The van der Waals surface area contributed by atoms with E-state index in [1.807, 2.05) is 23.7 Å². The molecule has 0 unspecified atom stereocenters. The summed E-state index contributed by atoms with van der Waals surface area (Å²) in [6.45, 7) is 0.891. The van der Waals surface area contributed by atoms with E-state index in [9.17, 15) is 4.79 Å². The monoisotopic (exact) mass is 289 g/mol. The first-order valence-electron chi connectivity index (χ1n) is 6.67. The molecule has 0 saturated heterocycles. The molecule has 1 amide bonds. The number of benzene rings is 1. The lowest BCUT2D eigenvalue weighted by Gasteiger charge is -2.10. The van der Waals surface area contributed by atoms with Crippen molar-refractivity contribution in [1.82, 2.24) is 20.1 Å². The highest BCUT2D eigenvalue weighted by atomic mass is 16.5. The number of para-hydroxylation sites is 2. The zero-order valence-electron chi connectivity index (χ0n) is 12.2. The van der Waals surface area contributed by atoms with Crippen molar-refractivity contribution in [3.8, 4) is 5.75 Å². The summed E-state index contributed by atoms with van der Waals surface area (Å²) in [6, 6.07) is 7.31. The van der Waals surface area contributed by atoms with Gasteiger partial charge >= 0.3 is 0 Å². The zero-order valence-corrected chi connectivity index (χ0v) is 12.2. The Morgan fingerprint density at radius 3 is 2.90 bits per heavy atom. The van der Waals surface area contributed by atoms with Gasteiger partial charge in [-0.1, -0.05) is 12.1 Å². The van der Waals surface area contributed by atoms with E-state index in [1.54, 1.807) is 25.6 Å². The third-order valence-electron chi connectivity index (χ3n) is 3.00. The van der Waals surface area contributed by atoms with Crippen LogP contribution in [0.2, 0.25) is 0 Å². The molecule has 7 heteroatoms. The fraction of sp³-hybridized carbons (Fsp3) is 0.357. The summed E-state index contributed by atoms with van der Waals surface area (Å²) in [5.41, 5.74) is 0.667. The van der Waals surface area contributed by atoms with E-state index < -0.39 is 0 Å². The van der Waals surface area contributed by atoms with Crippen molar-refractivity contribution in [2.75, 3.05) is 25.5 Å². The lowest BCUT2D eigenvalue weighted by atomic mass is 10.3. The van der Waals surface area contributed by atoms with Gasteiger partial charge in [0.25, 0.3) is 0 Å². The quantitative estimate of drug-likeness (QED) is 0.729. The van der Waals surface area contributed by atoms with Crippen molar-refractivity contribution in [3.63, 3.8) is 0 Å². The van der Waals surface area contributed by atoms with Crippen LogP contribution in [0.3, 0.4) is 0 Å². The molecule has 1 aromatic heterocycles. The largest absolute Gasteiger partial charge is 0.495 e. The lowest BCUT2D eigenvalue weighted by molar-refractivity contribution is -0.115. The third kappa shape index (κ3) is 4.28. The first-order valence-corrected chi connectivity index (χ1v) is 6.67. The number of hydrogen-bond acceptors (Lipinski definition) is 5. The van der Waals surface area contributed by atoms with E-state index in [1.165, 1.54) is 0 Å². The summed E-state index contributed by atoms with van der Waals surface area (Å²) in [7, 11) is 3.47. The van der Waals surface area contributed by atoms with Crippen LogP contribution in [0.15, 0.2) is 30.6 Å². The number of nitrogens with one attached hydrogen (secondary N) is 2. The highest BCUT2D eigenvalue weighted by molar-refractivity contribution is 5.93. The fourth-order valence-corrected chi connectivity index (χ4v) is 1.88. The summed E-state index contributed by atoms with van der Waals surface area (Å²) in [6.07, 6.45) is 2.38. The van der Waals surface area contributed by atoms with E-state index >= 15 is 0 Å². The van der Waals surface area contributed by atoms with Crippen molar-refractivity contribution in [3.05, 3.63) is 36.4 Å². The Morgan fingerprint density at radius 2 is 2.19 bits per heavy atom. The molecule has 0 radical (unpaired) electrons. The second kappa shape index (κ2) is 7.39. The molecule has 0 aliphatic heterocycles. The Bertz CT molecular complexity index is 597. The maximum Gasteiger partial charge on any atom is 0.238 e. The minimum absolute atomic E-state index is 0.113. The van der Waals surface area contributed by atoms with Gasteiger partial charge in [0, 0.05) is 20.0 Å². The first kappa shape index (κ1) is 15.0. The van der Waals surface area contributed by atoms with Gasteiger partial charge in [0.05, 0.1) is 19.3 Å². The van der Waals surface area contributed by atoms with Gasteiger partial charge in [0.2, 0.25) is 5.91 Å². The number of methoxy groups -OCH3 is 1. The summed E-state index contributed by atoms with van der Waals surface area (Å²) in [5, 5.41) is 13.7. The van der Waals surface area contributed by atoms with Crippen LogP contribution in [0.5, 0.6) is 5.75 Å². The van der Waals surface area contributed by atoms with Crippen molar-refractivity contribution < 1.29 is 9.53 Å². The summed E-state index contributed by atoms with van der Waals surface area (Å²) in [4.78, 5) is 11.8. The highest BCUT2D eigenvalue weighted by Crippen LogP contribution is 2.22. The predicted molar refractivity (Wildman–Crippen MR) is 79.2 cm³/mol. The predicted octanol–water partition coefficient (Wildman–Crippen LogP) is 0.594. The molecule has 0 atom stereocenters. The standard InChI is InChI=1S/C14H19N5O2/c1-19-10-16-18-13(19)7-8-15-9-14(20)17-11-5-3-4-6-12(11)21-2/h3-6,10,15H,7-9H2,1-2H3,(H,17,20). The lowest BCUT2D eigenvalue weighted by Crippen LogP contribution is -2.30. The van der Waals surface area contributed by atoms with Gasteiger partial charge in [-0.25, -0.2) is 0 Å². The Balaban J connectivity index is 1.74. The number of rotatable bonds is 7. The normalized spacial score (nSPS) is 10.4. The van der Waals surface area contributed by atoms with Crippen LogP contribution in [0.1, 0.15) is 5.82 Å². The van der Waals surface area contributed by atoms with Gasteiger partial charge in [-0.2, -0.15) is 0 Å². The molecular formula is C14H19N5O2. The fourth-order valence-electron chi connectivity index (χ4n) is 1.88. The van der Waals surface area contributed by atoms with Crippen LogP contribution in [-0.4, -0.2) is 40.9 Å². The SMILES string of the molecule is COc1ccccc1NC(=O)CNCCc1nncn1C. The molecule has 21 heavy (non-hydrogen) atoms. The van der Waals surface area contributed by atoms with Gasteiger partial charge in [-0.05, 0) is 12.1 Å². The van der Waals surface area contributed by atoms with Crippen molar-refractivity contribution in [1.29, 1.82) is 0 Å². The maximum atomic E-state index is 11.8. The molecule has 7 nitrogen and oxygen atoms in total. The van der Waals surface area contributed by atoms with Crippen LogP contribution < -0.4 is 15.4 Å². The summed E-state index contributed by atoms with van der Waals surface area (Å²) < 4.78 is 7.04. The first-order chi connectivity index (χ1) is 10.2. The van der Waals surface area contributed by atoms with Crippen LogP contribution in [0, 0.1) is 0 Å². The number of carbonyl (C=O) groups is 1. The second-order valence-corrected chi connectivity index (χ2v) is 4.53. The van der Waals surface area contributed by atoms with Gasteiger partial charge in [0.15, 0.2) is 0 Å². The summed E-state index contributed by atoms with van der Waals surface area (Å²) >= 11 is 0. The molecule has 0 fully saturated rings. The van der Waals surface area contributed by atoms with Gasteiger partial charge in [0.1, 0.15) is 17.9 Å². The van der Waals surface area contributed by atoms with E-state index in [-0.39, 0.29) is 12.5 Å². The second-order valence-electron chi connectivity index (χ2n) is 4.53. The Labute approximate surface area is 123 Å². The van der Waals surface area contributed by atoms with E-state index in [2.05, 4.69) is 20.8 Å². The van der Waals surface area contributed by atoms with Crippen LogP contribution in [0.25, 0.3) is 0 Å². The van der Waals surface area contributed by atoms with E-state index in [0.717, 1.165) is 12.2 Å². The molecule has 1 heterocycles. The molecule has 112 valence electrons. The smallest absolute Gasteiger partial charge is 0.238 e. The number of anilines is 1. The number of hydrogen-bond donors (Lipinski definition) is 2. The van der Waals surface area contributed by atoms with Crippen LogP contribution in [0.4, 0.5) is 5.69 Å². The maximum absolute atomic E-state index is 11.8. The molecule has 2 rings (SSSR count). The number of nitrogens with zero attached hydrogens (tertiary/aromatic N) is 3. The number of amides is 1. The zero-order chi connectivity index (χ0) is 15.1. The van der Waals surface area contributed by atoms with Gasteiger partial charge in [-0.15, -0.1) is 10.2 Å². The van der Waals surface area contributed by atoms with E-state index in [0.29, 0.717) is 18.0 Å². The van der Waals surface area contributed by atoms with Gasteiger partial charge < -0.3 is 19.9 Å². The van der Waals surface area contributed by atoms with Crippen LogP contribution >= 0.6 is 0 Å². The molecule has 0 spiro atoms. The Hall–Kier alpha value is -2.41. The minimum atomic E-state index is -0.113. The molecule has 0 saturated carbocycles. The Kier molecular flexibility index (Phi) is 5.28. The molecule has 0 aliphatic carbocycles. The van der Waals surface area contributed by atoms with Crippen LogP contribution in [-0.2, 0) is 18.3 Å². The minimum Gasteiger partial charge on any atom is -0.495 e. The molecular weight excluding hydrogens is 270 g/mol. The molecule has 2 N–H and O–H groups in total. The van der Waals surface area contributed by atoms with Crippen molar-refractivity contribution in [2.24, 2.45) is 7.05 Å². The molecule has 1 aromatic carbocycles. The number of carbonyl (C=O) groups excluding carboxylic acids is 1. The van der Waals surface area contributed by atoms with Crippen molar-refractivity contribution in [2.45, 2.75) is 6.42 Å². The van der Waals surface area contributed by atoms with Crippen molar-refractivity contribution >= 4 is 11.6 Å².